The molecule has 0 aliphatic rings. The monoisotopic (exact) mass is 201 g/mol. The number of nitrogens with one attached hydrogen (secondary N) is 1. The molecule has 0 radical (unpaired) electrons. The third kappa shape index (κ3) is 8.19. The van der Waals surface area contributed by atoms with Gasteiger partial charge in [0.15, 0.2) is 0 Å². The van der Waals surface area contributed by atoms with Gasteiger partial charge in [0.1, 0.15) is 12.7 Å². The molecule has 3 N–H and O–H groups in total. The van der Waals surface area contributed by atoms with Gasteiger partial charge in [-0.1, -0.05) is 0 Å². The molecule has 76 valence electrons. The van der Waals surface area contributed by atoms with Gasteiger partial charge in [0.05, 0.1) is 20.6 Å². The number of quaternary nitrogens is 1. The first-order valence-corrected chi connectivity index (χ1v) is 3.56. The first kappa shape index (κ1) is 14.6. The maximum atomic E-state index is 8.27. The van der Waals surface area contributed by atoms with E-state index in [1.165, 1.54) is 4.90 Å². The van der Waals surface area contributed by atoms with Gasteiger partial charge in [-0.2, -0.15) is 0 Å². The van der Waals surface area contributed by atoms with Crippen LogP contribution in [0.5, 0.6) is 0 Å². The topological polar surface area (TPSA) is 63.4 Å². The zero-order chi connectivity index (χ0) is 8.69. The molecular formula is C6H16ClNO4. The molecule has 12 heavy (non-hydrogen) atoms. The van der Waals surface area contributed by atoms with Gasteiger partial charge in [-0.05, 0) is 0 Å². The smallest absolute Gasteiger partial charge is 0.124 e. The minimum Gasteiger partial charge on any atom is -1.00 e. The van der Waals surface area contributed by atoms with Gasteiger partial charge < -0.3 is 17.3 Å². The van der Waals surface area contributed by atoms with E-state index in [-0.39, 0.29) is 19.0 Å². The van der Waals surface area contributed by atoms with Crippen LogP contribution in [-0.2, 0) is 9.78 Å². The van der Waals surface area contributed by atoms with Gasteiger partial charge >= 0.3 is 0 Å². The molecule has 0 fully saturated rings. The zero-order valence-electron chi connectivity index (χ0n) is 7.29. The van der Waals surface area contributed by atoms with E-state index < -0.39 is 6.10 Å². The van der Waals surface area contributed by atoms with Crippen LogP contribution < -0.4 is 17.3 Å². The van der Waals surface area contributed by atoms with Crippen molar-refractivity contribution in [2.24, 2.45) is 0 Å². The van der Waals surface area contributed by atoms with Crippen molar-refractivity contribution in [1.82, 2.24) is 0 Å². The van der Waals surface area contributed by atoms with Gasteiger partial charge in [-0.15, -0.1) is 0 Å². The highest BCUT2D eigenvalue weighted by Crippen LogP contribution is 1.93. The molecule has 6 heteroatoms. The average Bonchev–Trinajstić information content (AvgIpc) is 1.97. The number of rotatable bonds is 6. The Morgan fingerprint density at radius 1 is 1.33 bits per heavy atom. The van der Waals surface area contributed by atoms with Crippen molar-refractivity contribution >= 4 is 0 Å². The van der Waals surface area contributed by atoms with Crippen molar-refractivity contribution in [2.45, 2.75) is 12.5 Å². The van der Waals surface area contributed by atoms with E-state index in [4.69, 9.17) is 10.5 Å². The first-order valence-electron chi connectivity index (χ1n) is 3.56. The van der Waals surface area contributed by atoms with Gasteiger partial charge in [-0.3, -0.25) is 10.5 Å². The van der Waals surface area contributed by atoms with E-state index in [0.717, 1.165) is 6.54 Å². The Bertz CT molecular complexity index is 93.6. The van der Waals surface area contributed by atoms with Crippen LogP contribution >= 0.6 is 0 Å². The number of halogens is 1. The van der Waals surface area contributed by atoms with Crippen molar-refractivity contribution in [3.05, 3.63) is 0 Å². The predicted octanol–water partition coefficient (Wildman–Crippen LogP) is -4.13. The van der Waals surface area contributed by atoms with Crippen LogP contribution in [0.3, 0.4) is 0 Å². The Labute approximate surface area is 78.2 Å². The first-order chi connectivity index (χ1) is 5.20. The lowest BCUT2D eigenvalue weighted by atomic mass is 10.2. The maximum absolute atomic E-state index is 8.27. The second kappa shape index (κ2) is 9.18. The minimum atomic E-state index is -0.435. The van der Waals surface area contributed by atoms with Crippen molar-refractivity contribution in [1.29, 1.82) is 0 Å². The van der Waals surface area contributed by atoms with Crippen LogP contribution in [0.25, 0.3) is 0 Å². The molecular weight excluding hydrogens is 186 g/mol. The lowest BCUT2D eigenvalue weighted by Gasteiger charge is -2.12. The quantitative estimate of drug-likeness (QED) is 0.302. The van der Waals surface area contributed by atoms with Crippen molar-refractivity contribution in [3.8, 4) is 0 Å². The van der Waals surface area contributed by atoms with Crippen LogP contribution in [0.2, 0.25) is 0 Å². The summed E-state index contributed by atoms with van der Waals surface area (Å²) in [6.07, 6.45) is 0.217. The summed E-state index contributed by atoms with van der Waals surface area (Å²) in [5.41, 5.74) is 0. The van der Waals surface area contributed by atoms with Crippen LogP contribution in [0.15, 0.2) is 0 Å². The molecule has 0 amide bonds. The van der Waals surface area contributed by atoms with Gasteiger partial charge in [0, 0.05) is 6.42 Å². The van der Waals surface area contributed by atoms with E-state index in [1.807, 2.05) is 14.1 Å². The summed E-state index contributed by atoms with van der Waals surface area (Å²) in [4.78, 5) is 9.13. The summed E-state index contributed by atoms with van der Waals surface area (Å²) in [7, 11) is 3.99. The Kier molecular flexibility index (Phi) is 11.2. The normalized spacial score (nSPS) is 12.8. The van der Waals surface area contributed by atoms with Crippen LogP contribution in [0.4, 0.5) is 0 Å². The Morgan fingerprint density at radius 3 is 2.25 bits per heavy atom. The van der Waals surface area contributed by atoms with E-state index in [2.05, 4.69) is 9.78 Å². The fraction of sp³-hybridized carbons (Fsp3) is 1.00. The molecule has 0 heterocycles. The third-order valence-corrected chi connectivity index (χ3v) is 1.38. The minimum absolute atomic E-state index is 0. The van der Waals surface area contributed by atoms with E-state index in [9.17, 15) is 0 Å². The third-order valence-electron chi connectivity index (χ3n) is 1.38. The Balaban J connectivity index is 0. The second-order valence-corrected chi connectivity index (χ2v) is 2.77. The molecule has 1 unspecified atom stereocenters. The molecule has 0 aliphatic heterocycles. The van der Waals surface area contributed by atoms with Gasteiger partial charge in [0.2, 0.25) is 0 Å². The van der Waals surface area contributed by atoms with Gasteiger partial charge in [0.25, 0.3) is 0 Å². The summed E-state index contributed by atoms with van der Waals surface area (Å²) in [5, 5.41) is 16.3. The summed E-state index contributed by atoms with van der Waals surface area (Å²) >= 11 is 0. The zero-order valence-corrected chi connectivity index (χ0v) is 8.04. The molecule has 0 saturated carbocycles. The second-order valence-electron chi connectivity index (χ2n) is 2.77. The number of hydrogen-bond acceptors (Lipinski definition) is 4. The van der Waals surface area contributed by atoms with Crippen LogP contribution in [-0.4, -0.2) is 43.9 Å². The summed E-state index contributed by atoms with van der Waals surface area (Å²) in [5.74, 6) is 0. The van der Waals surface area contributed by atoms with Crippen molar-refractivity contribution in [2.75, 3.05) is 27.2 Å². The summed E-state index contributed by atoms with van der Waals surface area (Å²) in [6, 6.07) is 0. The average molecular weight is 202 g/mol. The number of hydrogen-bond donors (Lipinski definition) is 3. The largest absolute Gasteiger partial charge is 1.00 e. The van der Waals surface area contributed by atoms with E-state index >= 15 is 0 Å². The standard InChI is InChI=1S/C6H15NO4.ClH/c1-7(2)4-3-6(11-9)5-10-8;/h6,8-9H,3-5H2,1-2H3;1H. The van der Waals surface area contributed by atoms with Crippen LogP contribution in [0.1, 0.15) is 6.42 Å². The van der Waals surface area contributed by atoms with Crippen LogP contribution in [0, 0.1) is 0 Å². The maximum Gasteiger partial charge on any atom is 0.124 e. The highest BCUT2D eigenvalue weighted by Gasteiger charge is 2.10. The molecule has 0 aromatic rings. The molecule has 0 aromatic carbocycles. The van der Waals surface area contributed by atoms with Crippen molar-refractivity contribution < 1.29 is 37.6 Å². The molecule has 0 saturated heterocycles. The van der Waals surface area contributed by atoms with E-state index in [0.29, 0.717) is 6.42 Å². The predicted molar refractivity (Wildman–Crippen MR) is 38.4 cm³/mol. The SMILES string of the molecule is C[NH+](C)CCC(COO)OO.[Cl-]. The highest BCUT2D eigenvalue weighted by atomic mass is 35.5. The molecule has 5 nitrogen and oxygen atoms in total. The van der Waals surface area contributed by atoms with Crippen molar-refractivity contribution in [3.63, 3.8) is 0 Å². The molecule has 0 bridgehead atoms. The van der Waals surface area contributed by atoms with E-state index in [1.54, 1.807) is 0 Å². The lowest BCUT2D eigenvalue weighted by molar-refractivity contribution is -0.859. The molecule has 0 aliphatic carbocycles. The molecule has 1 atom stereocenters. The van der Waals surface area contributed by atoms with Gasteiger partial charge in [-0.25, -0.2) is 9.78 Å². The molecule has 0 spiro atoms. The summed E-state index contributed by atoms with van der Waals surface area (Å²) in [6.45, 7) is 0.859. The fourth-order valence-electron chi connectivity index (χ4n) is 0.699. The Hall–Kier alpha value is 0.0900. The highest BCUT2D eigenvalue weighted by molar-refractivity contribution is 4.51. The Morgan fingerprint density at radius 2 is 1.92 bits per heavy atom. The molecule has 0 rings (SSSR count). The molecule has 0 aromatic heterocycles. The lowest BCUT2D eigenvalue weighted by Crippen LogP contribution is -3.05. The summed E-state index contributed by atoms with van der Waals surface area (Å²) < 4.78 is 0. The fourth-order valence-corrected chi connectivity index (χ4v) is 0.699.